The highest BCUT2D eigenvalue weighted by atomic mass is 16.5. The molecule has 0 aromatic carbocycles. The van der Waals surface area contributed by atoms with Gasteiger partial charge in [-0.05, 0) is 6.92 Å². The quantitative estimate of drug-likeness (QED) is 0.577. The highest BCUT2D eigenvalue weighted by Gasteiger charge is 2.10. The van der Waals surface area contributed by atoms with Gasteiger partial charge in [-0.25, -0.2) is 0 Å². The molecule has 0 saturated heterocycles. The van der Waals surface area contributed by atoms with Crippen molar-refractivity contribution in [2.24, 2.45) is 11.7 Å². The molecule has 0 heterocycles. The molecular formula is C9H18N2O3. The van der Waals surface area contributed by atoms with Crippen molar-refractivity contribution in [2.45, 2.75) is 20.3 Å². The molecule has 82 valence electrons. The lowest BCUT2D eigenvalue weighted by Gasteiger charge is -2.09. The monoisotopic (exact) mass is 202 g/mol. The summed E-state index contributed by atoms with van der Waals surface area (Å²) in [5.41, 5.74) is 5.30. The summed E-state index contributed by atoms with van der Waals surface area (Å²) in [6, 6.07) is 0. The van der Waals surface area contributed by atoms with Crippen LogP contribution in [0.1, 0.15) is 20.3 Å². The van der Waals surface area contributed by atoms with E-state index in [9.17, 15) is 9.59 Å². The highest BCUT2D eigenvalue weighted by Crippen LogP contribution is 1.91. The average Bonchev–Trinajstić information content (AvgIpc) is 2.16. The summed E-state index contributed by atoms with van der Waals surface area (Å²) in [7, 11) is 0. The number of nitrogens with one attached hydrogen (secondary N) is 1. The van der Waals surface area contributed by atoms with Crippen LogP contribution in [-0.4, -0.2) is 31.6 Å². The number of amides is 1. The van der Waals surface area contributed by atoms with Gasteiger partial charge < -0.3 is 15.8 Å². The molecule has 1 atom stereocenters. The van der Waals surface area contributed by atoms with Gasteiger partial charge >= 0.3 is 5.97 Å². The van der Waals surface area contributed by atoms with Crippen molar-refractivity contribution < 1.29 is 14.3 Å². The summed E-state index contributed by atoms with van der Waals surface area (Å²) < 4.78 is 4.70. The van der Waals surface area contributed by atoms with E-state index in [0.29, 0.717) is 19.7 Å². The summed E-state index contributed by atoms with van der Waals surface area (Å²) in [6.45, 7) is 4.46. The Morgan fingerprint density at radius 1 is 1.50 bits per heavy atom. The minimum absolute atomic E-state index is 0.128. The SMILES string of the molecule is CCOC(=O)CCNC(=O)C(C)CN. The zero-order valence-electron chi connectivity index (χ0n) is 8.71. The first-order valence-electron chi connectivity index (χ1n) is 4.75. The summed E-state index contributed by atoms with van der Waals surface area (Å²) >= 11 is 0. The number of hydrogen-bond acceptors (Lipinski definition) is 4. The fourth-order valence-electron chi connectivity index (χ4n) is 0.802. The molecular weight excluding hydrogens is 184 g/mol. The van der Waals surface area contributed by atoms with Gasteiger partial charge in [0.05, 0.1) is 13.0 Å². The largest absolute Gasteiger partial charge is 0.466 e. The van der Waals surface area contributed by atoms with Gasteiger partial charge in [-0.3, -0.25) is 9.59 Å². The van der Waals surface area contributed by atoms with Crippen LogP contribution in [0.15, 0.2) is 0 Å². The fourth-order valence-corrected chi connectivity index (χ4v) is 0.802. The molecule has 0 saturated carbocycles. The zero-order chi connectivity index (χ0) is 11.0. The third kappa shape index (κ3) is 5.53. The Bertz CT molecular complexity index is 194. The predicted octanol–water partition coefficient (Wildman–Crippen LogP) is -0.349. The second-order valence-electron chi connectivity index (χ2n) is 2.98. The minimum Gasteiger partial charge on any atom is -0.466 e. The van der Waals surface area contributed by atoms with Crippen molar-refractivity contribution in [1.82, 2.24) is 5.32 Å². The van der Waals surface area contributed by atoms with E-state index >= 15 is 0 Å². The average molecular weight is 202 g/mol. The number of carbonyl (C=O) groups is 2. The molecule has 0 aromatic heterocycles. The number of esters is 1. The Kier molecular flexibility index (Phi) is 6.74. The van der Waals surface area contributed by atoms with Gasteiger partial charge in [-0.2, -0.15) is 0 Å². The van der Waals surface area contributed by atoms with E-state index < -0.39 is 0 Å². The fraction of sp³-hybridized carbons (Fsp3) is 0.778. The van der Waals surface area contributed by atoms with Gasteiger partial charge in [0, 0.05) is 19.0 Å². The second-order valence-corrected chi connectivity index (χ2v) is 2.98. The maximum absolute atomic E-state index is 11.2. The van der Waals surface area contributed by atoms with E-state index in [0.717, 1.165) is 0 Å². The standard InChI is InChI=1S/C9H18N2O3/c1-3-14-8(12)4-5-11-9(13)7(2)6-10/h7H,3-6,10H2,1-2H3,(H,11,13). The van der Waals surface area contributed by atoms with E-state index in [2.05, 4.69) is 5.32 Å². The van der Waals surface area contributed by atoms with Crippen LogP contribution < -0.4 is 11.1 Å². The number of rotatable bonds is 6. The van der Waals surface area contributed by atoms with Crippen molar-refractivity contribution in [3.63, 3.8) is 0 Å². The smallest absolute Gasteiger partial charge is 0.307 e. The number of nitrogens with two attached hydrogens (primary N) is 1. The van der Waals surface area contributed by atoms with Crippen molar-refractivity contribution in [1.29, 1.82) is 0 Å². The maximum Gasteiger partial charge on any atom is 0.307 e. The molecule has 0 radical (unpaired) electrons. The van der Waals surface area contributed by atoms with Crippen LogP contribution in [0.3, 0.4) is 0 Å². The van der Waals surface area contributed by atoms with Crippen LogP contribution in [0.25, 0.3) is 0 Å². The van der Waals surface area contributed by atoms with Gasteiger partial charge in [0.15, 0.2) is 0 Å². The van der Waals surface area contributed by atoms with E-state index in [1.54, 1.807) is 13.8 Å². The lowest BCUT2D eigenvalue weighted by molar-refractivity contribution is -0.143. The Morgan fingerprint density at radius 2 is 2.14 bits per heavy atom. The molecule has 0 aliphatic carbocycles. The van der Waals surface area contributed by atoms with Crippen LogP contribution in [0.2, 0.25) is 0 Å². The van der Waals surface area contributed by atoms with E-state index in [1.165, 1.54) is 0 Å². The first-order chi connectivity index (χ1) is 6.61. The number of ether oxygens (including phenoxy) is 1. The third-order valence-corrected chi connectivity index (χ3v) is 1.73. The molecule has 0 spiro atoms. The van der Waals surface area contributed by atoms with Crippen LogP contribution >= 0.6 is 0 Å². The van der Waals surface area contributed by atoms with Crippen LogP contribution in [0, 0.1) is 5.92 Å². The van der Waals surface area contributed by atoms with Gasteiger partial charge in [-0.15, -0.1) is 0 Å². The second kappa shape index (κ2) is 7.32. The topological polar surface area (TPSA) is 81.4 Å². The molecule has 5 heteroatoms. The van der Waals surface area contributed by atoms with E-state index in [1.807, 2.05) is 0 Å². The Hall–Kier alpha value is -1.10. The summed E-state index contributed by atoms with van der Waals surface area (Å²) in [5.74, 6) is -0.637. The molecule has 14 heavy (non-hydrogen) atoms. The van der Waals surface area contributed by atoms with Gasteiger partial charge in [0.25, 0.3) is 0 Å². The van der Waals surface area contributed by atoms with Crippen molar-refractivity contribution >= 4 is 11.9 Å². The normalized spacial score (nSPS) is 11.9. The Labute approximate surface area is 84.0 Å². The molecule has 1 amide bonds. The molecule has 0 aliphatic rings. The van der Waals surface area contributed by atoms with Gasteiger partial charge in [-0.1, -0.05) is 6.92 Å². The lowest BCUT2D eigenvalue weighted by Crippen LogP contribution is -2.34. The number of carbonyl (C=O) groups excluding carboxylic acids is 2. The molecule has 5 nitrogen and oxygen atoms in total. The predicted molar refractivity (Wildman–Crippen MR) is 52.5 cm³/mol. The molecule has 0 bridgehead atoms. The van der Waals surface area contributed by atoms with E-state index in [-0.39, 0.29) is 24.2 Å². The molecule has 0 fully saturated rings. The van der Waals surface area contributed by atoms with E-state index in [4.69, 9.17) is 10.5 Å². The van der Waals surface area contributed by atoms with Gasteiger partial charge in [0.1, 0.15) is 0 Å². The number of hydrogen-bond donors (Lipinski definition) is 2. The Balaban J connectivity index is 3.54. The highest BCUT2D eigenvalue weighted by molar-refractivity contribution is 5.79. The lowest BCUT2D eigenvalue weighted by atomic mass is 10.2. The first kappa shape index (κ1) is 12.9. The summed E-state index contributed by atoms with van der Waals surface area (Å²) in [6.07, 6.45) is 0.205. The van der Waals surface area contributed by atoms with Crippen molar-refractivity contribution in [3.8, 4) is 0 Å². The van der Waals surface area contributed by atoms with Crippen LogP contribution in [-0.2, 0) is 14.3 Å². The minimum atomic E-state index is -0.298. The van der Waals surface area contributed by atoms with Crippen LogP contribution in [0.5, 0.6) is 0 Å². The molecule has 0 rings (SSSR count). The zero-order valence-corrected chi connectivity index (χ0v) is 8.71. The van der Waals surface area contributed by atoms with Crippen molar-refractivity contribution in [2.75, 3.05) is 19.7 Å². The van der Waals surface area contributed by atoms with Gasteiger partial charge in [0.2, 0.25) is 5.91 Å². The van der Waals surface area contributed by atoms with Crippen LogP contribution in [0.4, 0.5) is 0 Å². The molecule has 0 aliphatic heterocycles. The summed E-state index contributed by atoms with van der Waals surface area (Å²) in [4.78, 5) is 22.0. The van der Waals surface area contributed by atoms with Crippen molar-refractivity contribution in [3.05, 3.63) is 0 Å². The first-order valence-corrected chi connectivity index (χ1v) is 4.75. The summed E-state index contributed by atoms with van der Waals surface area (Å²) in [5, 5.41) is 2.60. The Morgan fingerprint density at radius 3 is 2.64 bits per heavy atom. The third-order valence-electron chi connectivity index (χ3n) is 1.73. The maximum atomic E-state index is 11.2. The molecule has 3 N–H and O–H groups in total. The molecule has 0 aromatic rings. The molecule has 1 unspecified atom stereocenters.